The summed E-state index contributed by atoms with van der Waals surface area (Å²) >= 11 is 1.65. The van der Waals surface area contributed by atoms with E-state index in [9.17, 15) is 0 Å². The molecule has 0 spiro atoms. The fraction of sp³-hybridized carbons (Fsp3) is 0.600. The first-order valence-corrected chi connectivity index (χ1v) is 5.30. The van der Waals surface area contributed by atoms with E-state index in [1.54, 1.807) is 11.3 Å². The maximum absolute atomic E-state index is 8.85. The van der Waals surface area contributed by atoms with Crippen molar-refractivity contribution in [2.45, 2.75) is 33.6 Å². The van der Waals surface area contributed by atoms with Gasteiger partial charge in [-0.3, -0.25) is 0 Å². The third kappa shape index (κ3) is 2.82. The number of hydrogen-bond acceptors (Lipinski definition) is 3. The monoisotopic (exact) mass is 194 g/mol. The second-order valence-electron chi connectivity index (χ2n) is 3.76. The zero-order valence-electron chi connectivity index (χ0n) is 8.29. The van der Waals surface area contributed by atoms with E-state index in [0.29, 0.717) is 0 Å². The van der Waals surface area contributed by atoms with Crippen LogP contribution in [-0.4, -0.2) is 4.98 Å². The average molecular weight is 194 g/mol. The number of hydrogen-bond donors (Lipinski definition) is 0. The van der Waals surface area contributed by atoms with E-state index in [1.165, 1.54) is 0 Å². The second kappa shape index (κ2) is 3.89. The predicted octanol–water partition coefficient (Wildman–Crippen LogP) is 2.80. The minimum atomic E-state index is -0.289. The number of nitrogens with zero attached hydrogens (tertiary/aromatic N) is 2. The van der Waals surface area contributed by atoms with Crippen molar-refractivity contribution in [1.29, 1.82) is 5.26 Å². The molecule has 1 rings (SSSR count). The van der Waals surface area contributed by atoms with Gasteiger partial charge in [0.05, 0.1) is 22.2 Å². The van der Waals surface area contributed by atoms with Crippen molar-refractivity contribution in [3.05, 3.63) is 16.1 Å². The lowest BCUT2D eigenvalue weighted by Crippen LogP contribution is -2.11. The topological polar surface area (TPSA) is 36.7 Å². The smallest absolute Gasteiger partial charge is 0.0943 e. The highest BCUT2D eigenvalue weighted by Gasteiger charge is 2.19. The molecule has 1 aromatic heterocycles. The zero-order valence-corrected chi connectivity index (χ0v) is 9.11. The van der Waals surface area contributed by atoms with Crippen molar-refractivity contribution >= 4 is 11.3 Å². The Bertz CT molecular complexity index is 320. The van der Waals surface area contributed by atoms with Gasteiger partial charge >= 0.3 is 0 Å². The van der Waals surface area contributed by atoms with Crippen LogP contribution in [0, 0.1) is 16.7 Å². The summed E-state index contributed by atoms with van der Waals surface area (Å²) in [7, 11) is 0. The van der Waals surface area contributed by atoms with Crippen molar-refractivity contribution < 1.29 is 0 Å². The van der Waals surface area contributed by atoms with Crippen molar-refractivity contribution in [2.24, 2.45) is 5.41 Å². The van der Waals surface area contributed by atoms with Crippen molar-refractivity contribution in [1.82, 2.24) is 4.98 Å². The summed E-state index contributed by atoms with van der Waals surface area (Å²) in [6.07, 6.45) is 1.73. The third-order valence-electron chi connectivity index (χ3n) is 1.86. The Morgan fingerprint density at radius 1 is 1.62 bits per heavy atom. The van der Waals surface area contributed by atoms with Gasteiger partial charge in [-0.1, -0.05) is 6.92 Å². The molecule has 1 heterocycles. The summed E-state index contributed by atoms with van der Waals surface area (Å²) in [6, 6.07) is 2.28. The minimum Gasteiger partial charge on any atom is -0.246 e. The molecule has 3 heteroatoms. The molecule has 1 aromatic rings. The zero-order chi connectivity index (χ0) is 9.90. The van der Waals surface area contributed by atoms with Gasteiger partial charge in [-0.2, -0.15) is 5.26 Å². The molecule has 0 radical (unpaired) electrons. The van der Waals surface area contributed by atoms with Gasteiger partial charge in [-0.15, -0.1) is 11.3 Å². The largest absolute Gasteiger partial charge is 0.246 e. The number of aromatic nitrogens is 1. The van der Waals surface area contributed by atoms with Gasteiger partial charge in [0, 0.05) is 11.8 Å². The highest BCUT2D eigenvalue weighted by atomic mass is 32.1. The Balaban J connectivity index is 2.70. The summed E-state index contributed by atoms with van der Waals surface area (Å²) in [6.45, 7) is 5.98. The van der Waals surface area contributed by atoms with E-state index in [1.807, 2.05) is 13.8 Å². The van der Waals surface area contributed by atoms with Crippen LogP contribution in [0.5, 0.6) is 0 Å². The van der Waals surface area contributed by atoms with E-state index in [4.69, 9.17) is 5.26 Å². The van der Waals surface area contributed by atoms with Gasteiger partial charge in [0.15, 0.2) is 0 Å². The van der Waals surface area contributed by atoms with Crippen LogP contribution in [0.25, 0.3) is 0 Å². The summed E-state index contributed by atoms with van der Waals surface area (Å²) in [5, 5.41) is 12.0. The molecule has 0 unspecified atom stereocenters. The van der Waals surface area contributed by atoms with Gasteiger partial charge in [0.1, 0.15) is 0 Å². The molecule has 0 saturated heterocycles. The molecule has 0 atom stereocenters. The molecule has 0 aliphatic carbocycles. The molecule has 0 aromatic carbocycles. The normalized spacial score (nSPS) is 11.2. The quantitative estimate of drug-likeness (QED) is 0.742. The predicted molar refractivity (Wildman–Crippen MR) is 54.6 cm³/mol. The van der Waals surface area contributed by atoms with Crippen LogP contribution in [0.3, 0.4) is 0 Å². The first-order chi connectivity index (χ1) is 6.07. The summed E-state index contributed by atoms with van der Waals surface area (Å²) in [5.74, 6) is 0. The van der Waals surface area contributed by atoms with Gasteiger partial charge in [-0.25, -0.2) is 4.98 Å². The van der Waals surface area contributed by atoms with Crippen LogP contribution in [0.15, 0.2) is 5.38 Å². The molecule has 0 aliphatic rings. The van der Waals surface area contributed by atoms with Crippen LogP contribution in [0.4, 0.5) is 0 Å². The molecule has 0 bridgehead atoms. The third-order valence-corrected chi connectivity index (χ3v) is 2.76. The highest BCUT2D eigenvalue weighted by molar-refractivity contribution is 7.09. The van der Waals surface area contributed by atoms with Crippen LogP contribution in [0.2, 0.25) is 0 Å². The molecular weight excluding hydrogens is 180 g/mol. The summed E-state index contributed by atoms with van der Waals surface area (Å²) < 4.78 is 0. The lowest BCUT2D eigenvalue weighted by molar-refractivity contribution is 0.491. The molecule has 0 fully saturated rings. The lowest BCUT2D eigenvalue weighted by Gasteiger charge is -2.11. The fourth-order valence-electron chi connectivity index (χ4n) is 1.01. The fourth-order valence-corrected chi connectivity index (χ4v) is 2.12. The van der Waals surface area contributed by atoms with Crippen LogP contribution in [0.1, 0.15) is 31.5 Å². The van der Waals surface area contributed by atoms with Gasteiger partial charge in [0.25, 0.3) is 0 Å². The Kier molecular flexibility index (Phi) is 3.05. The van der Waals surface area contributed by atoms with Crippen LogP contribution < -0.4 is 0 Å². The number of rotatable bonds is 3. The van der Waals surface area contributed by atoms with Gasteiger partial charge < -0.3 is 0 Å². The van der Waals surface area contributed by atoms with E-state index in [-0.39, 0.29) is 5.41 Å². The second-order valence-corrected chi connectivity index (χ2v) is 4.70. The van der Waals surface area contributed by atoms with Gasteiger partial charge in [-0.05, 0) is 20.3 Å². The molecule has 70 valence electrons. The van der Waals surface area contributed by atoms with Gasteiger partial charge in [0.2, 0.25) is 0 Å². The first kappa shape index (κ1) is 10.2. The number of thiazole rings is 1. The average Bonchev–Trinajstić information content (AvgIpc) is 2.52. The number of aryl methyl sites for hydroxylation is 1. The van der Waals surface area contributed by atoms with Crippen LogP contribution >= 0.6 is 11.3 Å². The SMILES string of the molecule is CCc1csc(CC(C)(C)C#N)n1. The Morgan fingerprint density at radius 2 is 2.31 bits per heavy atom. The van der Waals surface area contributed by atoms with Crippen molar-refractivity contribution in [3.63, 3.8) is 0 Å². The van der Waals surface area contributed by atoms with E-state index >= 15 is 0 Å². The van der Waals surface area contributed by atoms with Crippen molar-refractivity contribution in [3.8, 4) is 6.07 Å². The Labute approximate surface area is 83.2 Å². The first-order valence-electron chi connectivity index (χ1n) is 4.42. The summed E-state index contributed by atoms with van der Waals surface area (Å²) in [4.78, 5) is 4.43. The molecule has 0 N–H and O–H groups in total. The van der Waals surface area contributed by atoms with E-state index < -0.39 is 0 Å². The molecule has 0 aliphatic heterocycles. The molecule has 0 saturated carbocycles. The Morgan fingerprint density at radius 3 is 2.77 bits per heavy atom. The van der Waals surface area contributed by atoms with E-state index in [0.717, 1.165) is 23.5 Å². The maximum atomic E-state index is 8.85. The van der Waals surface area contributed by atoms with Crippen molar-refractivity contribution in [2.75, 3.05) is 0 Å². The molecule has 0 amide bonds. The maximum Gasteiger partial charge on any atom is 0.0943 e. The van der Waals surface area contributed by atoms with E-state index in [2.05, 4.69) is 23.4 Å². The lowest BCUT2D eigenvalue weighted by atomic mass is 9.92. The molecule has 13 heavy (non-hydrogen) atoms. The van der Waals surface area contributed by atoms with Crippen LogP contribution in [-0.2, 0) is 12.8 Å². The highest BCUT2D eigenvalue weighted by Crippen LogP contribution is 2.22. The Hall–Kier alpha value is -0.880. The summed E-state index contributed by atoms with van der Waals surface area (Å²) in [5.41, 5.74) is 0.844. The number of nitriles is 1. The minimum absolute atomic E-state index is 0.289. The molecule has 2 nitrogen and oxygen atoms in total. The standard InChI is InChI=1S/C10H14N2S/c1-4-8-6-13-9(12-8)5-10(2,3)7-11/h6H,4-5H2,1-3H3. The molecular formula is C10H14N2S.